The maximum absolute atomic E-state index is 13.6. The molecule has 6 nitrogen and oxygen atoms in total. The largest absolute Gasteiger partial charge is 0.381 e. The van der Waals surface area contributed by atoms with Crippen LogP contribution < -0.4 is 4.90 Å². The van der Waals surface area contributed by atoms with E-state index in [0.29, 0.717) is 25.4 Å². The lowest BCUT2D eigenvalue weighted by Crippen LogP contribution is -2.40. The second-order valence-electron chi connectivity index (χ2n) is 10.7. The molecule has 0 amide bonds. The molecule has 2 saturated heterocycles. The zero-order valence-corrected chi connectivity index (χ0v) is 23.5. The van der Waals surface area contributed by atoms with Gasteiger partial charge in [-0.05, 0) is 76.3 Å². The number of rotatable bonds is 8. The molecule has 6 heteroatoms. The maximum Gasteiger partial charge on any atom is 0.163 e. The number of nitrogens with zero attached hydrogens (tertiary/aromatic N) is 2. The predicted molar refractivity (Wildman–Crippen MR) is 152 cm³/mol. The molecule has 38 heavy (non-hydrogen) atoms. The molecule has 2 aliphatic heterocycles. The zero-order chi connectivity index (χ0) is 27.1. The first-order valence-corrected chi connectivity index (χ1v) is 14.1. The Morgan fingerprint density at radius 1 is 1.05 bits per heavy atom. The van der Waals surface area contributed by atoms with Gasteiger partial charge in [-0.1, -0.05) is 23.5 Å². The van der Waals surface area contributed by atoms with Crippen molar-refractivity contribution in [2.24, 2.45) is 5.92 Å². The highest BCUT2D eigenvalue weighted by atomic mass is 16.5. The van der Waals surface area contributed by atoms with Gasteiger partial charge in [-0.25, -0.2) is 0 Å². The number of anilines is 1. The van der Waals surface area contributed by atoms with E-state index in [1.165, 1.54) is 0 Å². The van der Waals surface area contributed by atoms with E-state index in [1.807, 2.05) is 19.9 Å². The monoisotopic (exact) mass is 518 g/mol. The Morgan fingerprint density at radius 3 is 2.45 bits per heavy atom. The van der Waals surface area contributed by atoms with E-state index in [1.54, 1.807) is 6.08 Å². The van der Waals surface area contributed by atoms with Crippen LogP contribution in [0.4, 0.5) is 5.69 Å². The Bertz CT molecular complexity index is 1140. The molecule has 0 bridgehead atoms. The molecule has 1 aliphatic carbocycles. The Labute approximate surface area is 228 Å². The lowest BCUT2D eigenvalue weighted by atomic mass is 9.84. The van der Waals surface area contributed by atoms with Crippen LogP contribution in [-0.2, 0) is 14.3 Å². The van der Waals surface area contributed by atoms with Crippen LogP contribution in [-0.4, -0.2) is 75.1 Å². The topological polar surface area (TPSA) is 59.1 Å². The highest BCUT2D eigenvalue weighted by Gasteiger charge is 2.26. The fourth-order valence-corrected chi connectivity index (χ4v) is 5.82. The molecular weight excluding hydrogens is 476 g/mol. The van der Waals surface area contributed by atoms with Crippen molar-refractivity contribution in [3.8, 4) is 11.8 Å². The molecule has 0 saturated carbocycles. The van der Waals surface area contributed by atoms with Crippen LogP contribution >= 0.6 is 0 Å². The lowest BCUT2D eigenvalue weighted by molar-refractivity contribution is -0.117. The molecule has 0 aromatic heterocycles. The van der Waals surface area contributed by atoms with Gasteiger partial charge < -0.3 is 14.4 Å². The van der Waals surface area contributed by atoms with Crippen molar-refractivity contribution < 1.29 is 19.1 Å². The second-order valence-corrected chi connectivity index (χ2v) is 10.7. The summed E-state index contributed by atoms with van der Waals surface area (Å²) in [6.45, 7) is 14.5. The number of ether oxygens (including phenoxy) is 2. The number of morpholine rings is 1. The van der Waals surface area contributed by atoms with Crippen molar-refractivity contribution in [3.05, 3.63) is 52.1 Å². The average molecular weight is 519 g/mol. The quantitative estimate of drug-likeness (QED) is 0.366. The fourth-order valence-electron chi connectivity index (χ4n) is 5.82. The number of ketones is 2. The van der Waals surface area contributed by atoms with Gasteiger partial charge in [-0.3, -0.25) is 14.5 Å². The van der Waals surface area contributed by atoms with E-state index < -0.39 is 0 Å². The summed E-state index contributed by atoms with van der Waals surface area (Å²) in [6, 6.07) is 4.50. The number of allylic oxidation sites excluding steroid dienone is 4. The molecule has 3 aliphatic rings. The van der Waals surface area contributed by atoms with Crippen LogP contribution in [0.1, 0.15) is 67.9 Å². The summed E-state index contributed by atoms with van der Waals surface area (Å²) in [4.78, 5) is 31.0. The van der Waals surface area contributed by atoms with Gasteiger partial charge in [0.1, 0.15) is 0 Å². The van der Waals surface area contributed by atoms with E-state index in [0.717, 1.165) is 92.4 Å². The van der Waals surface area contributed by atoms with Gasteiger partial charge in [0.15, 0.2) is 11.6 Å². The molecule has 0 radical (unpaired) electrons. The van der Waals surface area contributed by atoms with Gasteiger partial charge in [0.25, 0.3) is 0 Å². The smallest absolute Gasteiger partial charge is 0.163 e. The summed E-state index contributed by atoms with van der Waals surface area (Å²) in [5.74, 6) is 6.65. The van der Waals surface area contributed by atoms with E-state index in [2.05, 4.69) is 47.6 Å². The zero-order valence-electron chi connectivity index (χ0n) is 23.5. The highest BCUT2D eigenvalue weighted by Crippen LogP contribution is 2.32. The van der Waals surface area contributed by atoms with Crippen molar-refractivity contribution >= 4 is 17.3 Å². The number of hydrogen-bond acceptors (Lipinski definition) is 6. The van der Waals surface area contributed by atoms with E-state index in [-0.39, 0.29) is 17.5 Å². The first-order chi connectivity index (χ1) is 18.4. The van der Waals surface area contributed by atoms with Crippen molar-refractivity contribution in [2.45, 2.75) is 59.4 Å². The molecular formula is C32H42N2O4. The maximum atomic E-state index is 13.6. The van der Waals surface area contributed by atoms with E-state index in [9.17, 15) is 9.59 Å². The first-order valence-electron chi connectivity index (χ1n) is 14.1. The molecule has 1 unspecified atom stereocenters. The van der Waals surface area contributed by atoms with Crippen LogP contribution in [0.15, 0.2) is 35.4 Å². The molecule has 1 aromatic carbocycles. The highest BCUT2D eigenvalue weighted by molar-refractivity contribution is 6.00. The summed E-state index contributed by atoms with van der Waals surface area (Å²) >= 11 is 0. The summed E-state index contributed by atoms with van der Waals surface area (Å²) in [5, 5.41) is 0. The normalized spacial score (nSPS) is 20.8. The fraction of sp³-hybridized carbons (Fsp3) is 0.562. The number of benzene rings is 1. The molecule has 4 rings (SSSR count). The van der Waals surface area contributed by atoms with Gasteiger partial charge in [-0.2, -0.15) is 0 Å². The van der Waals surface area contributed by atoms with E-state index in [4.69, 9.17) is 9.47 Å². The second kappa shape index (κ2) is 13.4. The molecule has 1 atom stereocenters. The Morgan fingerprint density at radius 2 is 1.76 bits per heavy atom. The first kappa shape index (κ1) is 28.3. The number of carbonyl (C=O) groups excluding carboxylic acids is 2. The minimum Gasteiger partial charge on any atom is -0.381 e. The Hall–Kier alpha value is -2.72. The Kier molecular flexibility index (Phi) is 9.96. The minimum absolute atomic E-state index is 0.0792. The lowest BCUT2D eigenvalue weighted by Gasteiger charge is -2.36. The van der Waals surface area contributed by atoms with Crippen LogP contribution in [0.5, 0.6) is 0 Å². The number of hydrogen-bond donors (Lipinski definition) is 0. The van der Waals surface area contributed by atoms with Crippen LogP contribution in [0, 0.1) is 24.7 Å². The SMILES string of the molecule is CCN(c1cc(C#CCN2CCOCC2)cc(C(=O)CCC2C(=O)C=C(C)C=C2C)c1C)C1CCOCC1. The number of carbonyl (C=O) groups is 2. The van der Waals surface area contributed by atoms with Gasteiger partial charge in [-0.15, -0.1) is 0 Å². The van der Waals surface area contributed by atoms with Crippen molar-refractivity contribution in [2.75, 3.05) is 57.5 Å². The van der Waals surface area contributed by atoms with Gasteiger partial charge in [0, 0.05) is 68.0 Å². The molecule has 1 aromatic rings. The molecule has 2 heterocycles. The summed E-state index contributed by atoms with van der Waals surface area (Å²) in [5.41, 5.74) is 5.70. The van der Waals surface area contributed by atoms with Crippen LogP contribution in [0.2, 0.25) is 0 Å². The third-order valence-electron chi connectivity index (χ3n) is 7.98. The average Bonchev–Trinajstić information content (AvgIpc) is 2.91. The van der Waals surface area contributed by atoms with Gasteiger partial charge >= 0.3 is 0 Å². The third-order valence-corrected chi connectivity index (χ3v) is 7.98. The van der Waals surface area contributed by atoms with E-state index >= 15 is 0 Å². The number of Topliss-reactive ketones (excluding diaryl/α,β-unsaturated/α-hetero) is 1. The summed E-state index contributed by atoms with van der Waals surface area (Å²) in [7, 11) is 0. The Balaban J connectivity index is 1.59. The van der Waals surface area contributed by atoms with Crippen molar-refractivity contribution in [1.29, 1.82) is 0 Å². The van der Waals surface area contributed by atoms with Gasteiger partial charge in [0.05, 0.1) is 19.8 Å². The molecule has 204 valence electrons. The summed E-state index contributed by atoms with van der Waals surface area (Å²) < 4.78 is 11.1. The molecule has 0 N–H and O–H groups in total. The van der Waals surface area contributed by atoms with Crippen LogP contribution in [0.25, 0.3) is 0 Å². The molecule has 2 fully saturated rings. The summed E-state index contributed by atoms with van der Waals surface area (Å²) in [6.07, 6.45) is 6.57. The van der Waals surface area contributed by atoms with Gasteiger partial charge in [0.2, 0.25) is 0 Å². The van der Waals surface area contributed by atoms with Crippen molar-refractivity contribution in [1.82, 2.24) is 4.90 Å². The van der Waals surface area contributed by atoms with Crippen molar-refractivity contribution in [3.63, 3.8) is 0 Å². The predicted octanol–water partition coefficient (Wildman–Crippen LogP) is 4.74. The standard InChI is InChI=1S/C32H42N2O4/c1-5-34(27-10-15-37-16-11-27)30-22-26(7-6-12-33-13-17-38-18-14-33)21-29(25(30)4)31(35)9-8-28-24(3)19-23(2)20-32(28)36/h19-22,27-28H,5,8-18H2,1-4H3. The molecule has 0 spiro atoms. The van der Waals surface area contributed by atoms with Crippen LogP contribution in [0.3, 0.4) is 0 Å². The minimum atomic E-state index is -0.215. The third kappa shape index (κ3) is 7.02.